The maximum atomic E-state index is 13.0. The first-order valence-electron chi connectivity index (χ1n) is 9.59. The van der Waals surface area contributed by atoms with E-state index in [2.05, 4.69) is 26.6 Å². The van der Waals surface area contributed by atoms with Crippen LogP contribution in [0.5, 0.6) is 0 Å². The third kappa shape index (κ3) is 5.80. The molecule has 3 rings (SSSR count). The number of halogens is 1. The average Bonchev–Trinajstić information content (AvgIpc) is 2.74. The highest BCUT2D eigenvalue weighted by molar-refractivity contribution is 5.79. The van der Waals surface area contributed by atoms with Gasteiger partial charge in [-0.3, -0.25) is 9.89 Å². The van der Waals surface area contributed by atoms with Gasteiger partial charge in [0.15, 0.2) is 5.96 Å². The van der Waals surface area contributed by atoms with Gasteiger partial charge in [-0.2, -0.15) is 5.26 Å². The zero-order valence-electron chi connectivity index (χ0n) is 16.2. The Bertz CT molecular complexity index is 833. The minimum atomic E-state index is -0.190. The Kier molecular flexibility index (Phi) is 6.99. The summed E-state index contributed by atoms with van der Waals surface area (Å²) in [5.41, 5.74) is 2.86. The summed E-state index contributed by atoms with van der Waals surface area (Å²) in [5.74, 6) is 0.587. The number of piperidine rings is 1. The number of likely N-dealkylation sites (tertiary alicyclic amines) is 1. The first-order valence-corrected chi connectivity index (χ1v) is 9.59. The molecule has 0 amide bonds. The molecule has 2 N–H and O–H groups in total. The molecule has 5 nitrogen and oxygen atoms in total. The molecule has 0 radical (unpaired) electrons. The van der Waals surface area contributed by atoms with E-state index in [9.17, 15) is 4.39 Å². The van der Waals surface area contributed by atoms with Crippen molar-refractivity contribution in [3.63, 3.8) is 0 Å². The predicted molar refractivity (Wildman–Crippen MR) is 109 cm³/mol. The lowest BCUT2D eigenvalue weighted by molar-refractivity contribution is 0.198. The summed E-state index contributed by atoms with van der Waals surface area (Å²) in [5, 5.41) is 15.8. The summed E-state index contributed by atoms with van der Waals surface area (Å²) < 4.78 is 13.0. The topological polar surface area (TPSA) is 63.5 Å². The number of hydrogen-bond acceptors (Lipinski definition) is 3. The Morgan fingerprint density at radius 2 is 1.93 bits per heavy atom. The molecule has 28 heavy (non-hydrogen) atoms. The van der Waals surface area contributed by atoms with Gasteiger partial charge in [0.1, 0.15) is 5.82 Å². The number of nitrogens with zero attached hydrogens (tertiary/aromatic N) is 3. The summed E-state index contributed by atoms with van der Waals surface area (Å²) in [6, 6.07) is 16.9. The van der Waals surface area contributed by atoms with Gasteiger partial charge in [-0.1, -0.05) is 24.3 Å². The number of guanidine groups is 1. The second-order valence-corrected chi connectivity index (χ2v) is 7.06. The van der Waals surface area contributed by atoms with E-state index in [-0.39, 0.29) is 5.82 Å². The molecule has 0 aromatic heterocycles. The van der Waals surface area contributed by atoms with E-state index in [1.807, 2.05) is 30.3 Å². The number of nitrogens with one attached hydrogen (secondary N) is 2. The van der Waals surface area contributed by atoms with Crippen LogP contribution in [0, 0.1) is 17.1 Å². The molecule has 6 heteroatoms. The van der Waals surface area contributed by atoms with Gasteiger partial charge in [-0.05, 0) is 48.2 Å². The number of rotatable bonds is 5. The normalized spacial score (nSPS) is 15.8. The number of nitriles is 1. The molecule has 1 aliphatic rings. The van der Waals surface area contributed by atoms with Crippen LogP contribution in [0.3, 0.4) is 0 Å². The Morgan fingerprint density at radius 1 is 1.18 bits per heavy atom. The molecule has 0 spiro atoms. The third-order valence-corrected chi connectivity index (χ3v) is 4.99. The third-order valence-electron chi connectivity index (χ3n) is 4.99. The van der Waals surface area contributed by atoms with Gasteiger partial charge in [0.2, 0.25) is 0 Å². The summed E-state index contributed by atoms with van der Waals surface area (Å²) in [4.78, 5) is 6.71. The van der Waals surface area contributed by atoms with Gasteiger partial charge in [0, 0.05) is 39.3 Å². The second kappa shape index (κ2) is 9.86. The summed E-state index contributed by atoms with van der Waals surface area (Å²) in [7, 11) is 1.77. The van der Waals surface area contributed by atoms with Gasteiger partial charge < -0.3 is 10.6 Å². The molecule has 1 aliphatic heterocycles. The molecule has 0 atom stereocenters. The van der Waals surface area contributed by atoms with Crippen molar-refractivity contribution in [1.82, 2.24) is 15.5 Å². The number of aliphatic imine (C=N–C) groups is 1. The van der Waals surface area contributed by atoms with Crippen molar-refractivity contribution >= 4 is 5.96 Å². The lowest BCUT2D eigenvalue weighted by atomic mass is 10.0. The lowest BCUT2D eigenvalue weighted by Gasteiger charge is -2.33. The van der Waals surface area contributed by atoms with Crippen LogP contribution in [-0.4, -0.2) is 37.0 Å². The molecule has 1 heterocycles. The van der Waals surface area contributed by atoms with Crippen molar-refractivity contribution in [2.24, 2.45) is 4.99 Å². The second-order valence-electron chi connectivity index (χ2n) is 7.06. The van der Waals surface area contributed by atoms with Crippen molar-refractivity contribution in [2.45, 2.75) is 32.0 Å². The fourth-order valence-electron chi connectivity index (χ4n) is 3.41. The zero-order chi connectivity index (χ0) is 19.8. The monoisotopic (exact) mass is 379 g/mol. The van der Waals surface area contributed by atoms with Gasteiger partial charge >= 0.3 is 0 Å². The van der Waals surface area contributed by atoms with Crippen LogP contribution in [-0.2, 0) is 13.1 Å². The highest BCUT2D eigenvalue weighted by atomic mass is 19.1. The molecule has 1 fully saturated rings. The van der Waals surface area contributed by atoms with E-state index in [0.29, 0.717) is 18.2 Å². The first-order chi connectivity index (χ1) is 13.7. The fourth-order valence-corrected chi connectivity index (χ4v) is 3.41. The van der Waals surface area contributed by atoms with Gasteiger partial charge in [-0.25, -0.2) is 4.39 Å². The Morgan fingerprint density at radius 3 is 2.61 bits per heavy atom. The summed E-state index contributed by atoms with van der Waals surface area (Å²) in [6.07, 6.45) is 2.07. The van der Waals surface area contributed by atoms with Crippen LogP contribution in [0.15, 0.2) is 53.5 Å². The molecule has 2 aromatic carbocycles. The lowest BCUT2D eigenvalue weighted by Crippen LogP contribution is -2.48. The molecular formula is C22H26FN5. The minimum Gasteiger partial charge on any atom is -0.354 e. The Hall–Kier alpha value is -2.91. The van der Waals surface area contributed by atoms with Crippen LogP contribution in [0.25, 0.3) is 0 Å². The molecule has 2 aromatic rings. The maximum absolute atomic E-state index is 13.0. The van der Waals surface area contributed by atoms with Gasteiger partial charge in [0.05, 0.1) is 11.6 Å². The quantitative estimate of drug-likeness (QED) is 0.619. The van der Waals surface area contributed by atoms with Crippen molar-refractivity contribution in [3.8, 4) is 6.07 Å². The number of hydrogen-bond donors (Lipinski definition) is 2. The molecule has 1 saturated heterocycles. The fraction of sp³-hybridized carbons (Fsp3) is 0.364. The highest BCUT2D eigenvalue weighted by Gasteiger charge is 2.20. The van der Waals surface area contributed by atoms with E-state index in [1.165, 1.54) is 12.1 Å². The van der Waals surface area contributed by atoms with E-state index in [1.54, 1.807) is 13.1 Å². The van der Waals surface area contributed by atoms with Crippen LogP contribution >= 0.6 is 0 Å². The van der Waals surface area contributed by atoms with Gasteiger partial charge in [-0.15, -0.1) is 0 Å². The maximum Gasteiger partial charge on any atom is 0.191 e. The molecule has 146 valence electrons. The largest absolute Gasteiger partial charge is 0.354 e. The standard InChI is InChI=1S/C22H26FN5/c1-25-22(26-15-19-4-2-3-18(13-19)14-24)27-21-9-11-28(12-10-21)16-17-5-7-20(23)8-6-17/h2-8,13,21H,9-12,15-16H2,1H3,(H2,25,26,27). The van der Waals surface area contributed by atoms with E-state index in [4.69, 9.17) is 5.26 Å². The SMILES string of the molecule is CN=C(NCc1cccc(C#N)c1)NC1CCN(Cc2ccc(F)cc2)CC1. The summed E-state index contributed by atoms with van der Waals surface area (Å²) in [6.45, 7) is 3.47. The van der Waals surface area contributed by atoms with Crippen molar-refractivity contribution in [3.05, 3.63) is 71.0 Å². The molecule has 0 unspecified atom stereocenters. The molecule has 0 bridgehead atoms. The average molecular weight is 379 g/mol. The van der Waals surface area contributed by atoms with Crippen molar-refractivity contribution < 1.29 is 4.39 Å². The molecule has 0 saturated carbocycles. The molecule has 0 aliphatic carbocycles. The van der Waals surface area contributed by atoms with Gasteiger partial charge in [0.25, 0.3) is 0 Å². The van der Waals surface area contributed by atoms with Crippen LogP contribution in [0.2, 0.25) is 0 Å². The minimum absolute atomic E-state index is 0.190. The van der Waals surface area contributed by atoms with E-state index in [0.717, 1.165) is 49.6 Å². The Balaban J connectivity index is 1.43. The summed E-state index contributed by atoms with van der Waals surface area (Å²) >= 11 is 0. The van der Waals surface area contributed by atoms with Crippen LogP contribution < -0.4 is 10.6 Å². The zero-order valence-corrected chi connectivity index (χ0v) is 16.2. The van der Waals surface area contributed by atoms with Crippen LogP contribution in [0.4, 0.5) is 4.39 Å². The first kappa shape index (κ1) is 19.8. The Labute approximate surface area is 165 Å². The highest BCUT2D eigenvalue weighted by Crippen LogP contribution is 2.14. The number of benzene rings is 2. The molecular weight excluding hydrogens is 353 g/mol. The smallest absolute Gasteiger partial charge is 0.191 e. The predicted octanol–water partition coefficient (Wildman–Crippen LogP) is 3.03. The van der Waals surface area contributed by atoms with E-state index < -0.39 is 0 Å². The van der Waals surface area contributed by atoms with Crippen molar-refractivity contribution in [1.29, 1.82) is 5.26 Å². The van der Waals surface area contributed by atoms with Crippen molar-refractivity contribution in [2.75, 3.05) is 20.1 Å². The van der Waals surface area contributed by atoms with E-state index >= 15 is 0 Å². The van der Waals surface area contributed by atoms with Crippen LogP contribution in [0.1, 0.15) is 29.5 Å².